The molecule has 2 N–H and O–H groups in total. The molecule has 0 bridgehead atoms. The van der Waals surface area contributed by atoms with Gasteiger partial charge in [0.25, 0.3) is 0 Å². The van der Waals surface area contributed by atoms with Crippen LogP contribution in [-0.4, -0.2) is 59.7 Å². The molecule has 2 fully saturated rings. The lowest BCUT2D eigenvalue weighted by molar-refractivity contribution is 0.105. The normalized spacial score (nSPS) is 21.1. The maximum atomic E-state index is 11.6. The largest absolute Gasteiger partial charge is 0.382 e. The summed E-state index contributed by atoms with van der Waals surface area (Å²) in [5.41, 5.74) is 0.210. The lowest BCUT2D eigenvalue weighted by Gasteiger charge is -2.30. The van der Waals surface area contributed by atoms with Crippen LogP contribution < -0.4 is 10.6 Å². The Kier molecular flexibility index (Phi) is 9.63. The van der Waals surface area contributed by atoms with Crippen LogP contribution in [0.4, 0.5) is 0 Å². The van der Waals surface area contributed by atoms with Crippen LogP contribution >= 0.6 is 24.0 Å². The lowest BCUT2D eigenvalue weighted by Crippen LogP contribution is -2.45. The molecule has 0 saturated heterocycles. The zero-order valence-corrected chi connectivity index (χ0v) is 19.6. The van der Waals surface area contributed by atoms with Gasteiger partial charge in [0.05, 0.1) is 5.75 Å². The first-order valence-electron chi connectivity index (χ1n) is 9.52. The molecule has 2 aliphatic carbocycles. The summed E-state index contributed by atoms with van der Waals surface area (Å²) in [4.78, 5) is 4.32. The fraction of sp³-hybridized carbons (Fsp3) is 0.944. The molecule has 0 radical (unpaired) electrons. The summed E-state index contributed by atoms with van der Waals surface area (Å²) in [5.74, 6) is 1.05. The van der Waals surface area contributed by atoms with Crippen molar-refractivity contribution in [2.24, 2.45) is 15.8 Å². The van der Waals surface area contributed by atoms with E-state index in [2.05, 4.69) is 15.6 Å². The number of rotatable bonds is 10. The number of nitrogens with zero attached hydrogens (tertiary/aromatic N) is 1. The number of guanidine groups is 1. The molecule has 6 nitrogen and oxygen atoms in total. The summed E-state index contributed by atoms with van der Waals surface area (Å²) in [6, 6.07) is 0. The van der Waals surface area contributed by atoms with Gasteiger partial charge < -0.3 is 15.4 Å². The number of halogens is 1. The van der Waals surface area contributed by atoms with Crippen molar-refractivity contribution in [3.8, 4) is 0 Å². The molecule has 2 saturated carbocycles. The molecule has 154 valence electrons. The van der Waals surface area contributed by atoms with Crippen molar-refractivity contribution in [1.29, 1.82) is 0 Å². The zero-order valence-electron chi connectivity index (χ0n) is 16.5. The molecule has 8 heteroatoms. The van der Waals surface area contributed by atoms with Gasteiger partial charge in [-0.3, -0.25) is 4.99 Å². The van der Waals surface area contributed by atoms with Crippen LogP contribution in [-0.2, 0) is 14.6 Å². The summed E-state index contributed by atoms with van der Waals surface area (Å²) < 4.78 is 28.7. The molecule has 0 aliphatic heterocycles. The Morgan fingerprint density at radius 2 is 1.65 bits per heavy atom. The minimum absolute atomic E-state index is 0. The number of aliphatic imine (C=N–C) groups is 1. The minimum Gasteiger partial charge on any atom is -0.382 e. The van der Waals surface area contributed by atoms with Crippen molar-refractivity contribution < 1.29 is 13.2 Å². The van der Waals surface area contributed by atoms with Crippen molar-refractivity contribution >= 4 is 39.8 Å². The number of nitrogens with one attached hydrogen (secondary N) is 2. The molecule has 2 rings (SSSR count). The smallest absolute Gasteiger partial charge is 0.191 e. The van der Waals surface area contributed by atoms with E-state index in [1.165, 1.54) is 31.9 Å². The quantitative estimate of drug-likeness (QED) is 0.208. The van der Waals surface area contributed by atoms with Gasteiger partial charge in [0.2, 0.25) is 0 Å². The standard InChI is InChI=1S/C18H35N3O3S.HI/c1-4-24-12-11-17(7-5-6-8-17)13-20-16(19-2)21-14-18(9-10-18)15-25(3,22)23;/h4-15H2,1-3H3,(H2,19,20,21);1H. The minimum atomic E-state index is -2.94. The Hall–Kier alpha value is -0.0900. The van der Waals surface area contributed by atoms with Gasteiger partial charge in [0, 0.05) is 45.0 Å². The van der Waals surface area contributed by atoms with Crippen LogP contribution in [0, 0.1) is 10.8 Å². The van der Waals surface area contributed by atoms with Crippen LogP contribution in [0.1, 0.15) is 51.9 Å². The van der Waals surface area contributed by atoms with Gasteiger partial charge in [0.15, 0.2) is 5.96 Å². The van der Waals surface area contributed by atoms with E-state index in [0.717, 1.165) is 45.0 Å². The first kappa shape index (κ1) is 23.9. The molecule has 0 aromatic carbocycles. The highest BCUT2D eigenvalue weighted by atomic mass is 127. The summed E-state index contributed by atoms with van der Waals surface area (Å²) in [6.07, 6.45) is 9.41. The fourth-order valence-electron chi connectivity index (χ4n) is 3.94. The molecular weight excluding hydrogens is 465 g/mol. The fourth-order valence-corrected chi connectivity index (χ4v) is 5.44. The highest BCUT2D eigenvalue weighted by Gasteiger charge is 2.45. The number of hydrogen-bond donors (Lipinski definition) is 2. The predicted octanol–water partition coefficient (Wildman–Crippen LogP) is 2.58. The number of ether oxygens (including phenoxy) is 1. The van der Waals surface area contributed by atoms with E-state index in [0.29, 0.717) is 12.0 Å². The topological polar surface area (TPSA) is 79.8 Å². The summed E-state index contributed by atoms with van der Waals surface area (Å²) in [6.45, 7) is 5.21. The third-order valence-corrected chi connectivity index (χ3v) is 6.79. The van der Waals surface area contributed by atoms with Crippen molar-refractivity contribution in [2.45, 2.75) is 51.9 Å². The average molecular weight is 501 g/mol. The van der Waals surface area contributed by atoms with Crippen LogP contribution in [0.3, 0.4) is 0 Å². The molecular formula is C18H36IN3O3S. The molecule has 26 heavy (non-hydrogen) atoms. The lowest BCUT2D eigenvalue weighted by atomic mass is 9.83. The van der Waals surface area contributed by atoms with Crippen LogP contribution in [0.5, 0.6) is 0 Å². The second kappa shape index (κ2) is 10.5. The number of sulfone groups is 1. The van der Waals surface area contributed by atoms with E-state index < -0.39 is 9.84 Å². The zero-order chi connectivity index (χ0) is 18.4. The second-order valence-corrected chi connectivity index (χ2v) is 10.1. The van der Waals surface area contributed by atoms with E-state index >= 15 is 0 Å². The third kappa shape index (κ3) is 7.88. The number of hydrogen-bond acceptors (Lipinski definition) is 4. The van der Waals surface area contributed by atoms with Crippen molar-refractivity contribution in [2.75, 3.05) is 45.4 Å². The first-order chi connectivity index (χ1) is 11.8. The summed E-state index contributed by atoms with van der Waals surface area (Å²) in [7, 11) is -1.17. The molecule has 0 spiro atoms. The van der Waals surface area contributed by atoms with Gasteiger partial charge in [-0.1, -0.05) is 12.8 Å². The Morgan fingerprint density at radius 1 is 1.08 bits per heavy atom. The Balaban J connectivity index is 0.00000338. The second-order valence-electron chi connectivity index (χ2n) is 8.00. The van der Waals surface area contributed by atoms with Crippen LogP contribution in [0.15, 0.2) is 4.99 Å². The Labute approximate surface area is 176 Å². The van der Waals surface area contributed by atoms with E-state index in [1.807, 2.05) is 6.92 Å². The van der Waals surface area contributed by atoms with Crippen molar-refractivity contribution in [1.82, 2.24) is 10.6 Å². The first-order valence-corrected chi connectivity index (χ1v) is 11.6. The predicted molar refractivity (Wildman–Crippen MR) is 118 cm³/mol. The van der Waals surface area contributed by atoms with Gasteiger partial charge >= 0.3 is 0 Å². The monoisotopic (exact) mass is 501 g/mol. The van der Waals surface area contributed by atoms with Crippen molar-refractivity contribution in [3.63, 3.8) is 0 Å². The third-order valence-electron chi connectivity index (χ3n) is 5.66. The molecule has 0 aromatic heterocycles. The average Bonchev–Trinajstić information content (AvgIpc) is 3.13. The Morgan fingerprint density at radius 3 is 2.12 bits per heavy atom. The maximum Gasteiger partial charge on any atom is 0.191 e. The molecule has 2 aliphatic rings. The van der Waals surface area contributed by atoms with Crippen LogP contribution in [0.2, 0.25) is 0 Å². The molecule has 0 heterocycles. The van der Waals surface area contributed by atoms with Crippen molar-refractivity contribution in [3.05, 3.63) is 0 Å². The molecule has 0 atom stereocenters. The van der Waals surface area contributed by atoms with Gasteiger partial charge in [0.1, 0.15) is 9.84 Å². The van der Waals surface area contributed by atoms with Gasteiger partial charge in [-0.25, -0.2) is 8.42 Å². The van der Waals surface area contributed by atoms with E-state index in [1.54, 1.807) is 7.05 Å². The Bertz CT molecular complexity index is 556. The van der Waals surface area contributed by atoms with E-state index in [9.17, 15) is 8.42 Å². The van der Waals surface area contributed by atoms with Gasteiger partial charge in [-0.2, -0.15) is 0 Å². The van der Waals surface area contributed by atoms with Gasteiger partial charge in [-0.05, 0) is 44.4 Å². The van der Waals surface area contributed by atoms with Gasteiger partial charge in [-0.15, -0.1) is 24.0 Å². The molecule has 0 amide bonds. The maximum absolute atomic E-state index is 11.6. The SMILES string of the molecule is CCOCCC1(CNC(=NC)NCC2(CS(C)(=O)=O)CC2)CCCC1.I. The highest BCUT2D eigenvalue weighted by molar-refractivity contribution is 14.0. The van der Waals surface area contributed by atoms with Crippen LogP contribution in [0.25, 0.3) is 0 Å². The summed E-state index contributed by atoms with van der Waals surface area (Å²) >= 11 is 0. The van der Waals surface area contributed by atoms with E-state index in [-0.39, 0.29) is 35.1 Å². The molecule has 0 unspecified atom stereocenters. The highest BCUT2D eigenvalue weighted by Crippen LogP contribution is 2.46. The summed E-state index contributed by atoms with van der Waals surface area (Å²) in [5, 5.41) is 6.82. The van der Waals surface area contributed by atoms with E-state index in [4.69, 9.17) is 4.74 Å². The molecule has 0 aromatic rings.